The first-order chi connectivity index (χ1) is 11.6. The molecule has 2 heterocycles. The number of nitrogens with one attached hydrogen (secondary N) is 1. The fourth-order valence-corrected chi connectivity index (χ4v) is 2.10. The highest BCUT2D eigenvalue weighted by Gasteiger charge is 2.31. The second kappa shape index (κ2) is 9.67. The number of hydrogen-bond donors (Lipinski definition) is 4. The number of hydroxylamine groups is 1. The fraction of sp³-hybridized carbons (Fsp3) is 0.500. The highest BCUT2D eigenvalue weighted by molar-refractivity contribution is 5.16. The van der Waals surface area contributed by atoms with Gasteiger partial charge in [0.25, 0.3) is 0 Å². The summed E-state index contributed by atoms with van der Waals surface area (Å²) in [5, 5.41) is 28.1. The largest absolute Gasteiger partial charge is 0.507 e. The zero-order chi connectivity index (χ0) is 17.4. The first kappa shape index (κ1) is 18.8. The van der Waals surface area contributed by atoms with Crippen LogP contribution in [0, 0.1) is 13.0 Å². The third-order valence-corrected chi connectivity index (χ3v) is 3.29. The van der Waals surface area contributed by atoms with E-state index in [0.717, 1.165) is 17.2 Å². The van der Waals surface area contributed by atoms with Gasteiger partial charge in [0.1, 0.15) is 18.0 Å². The van der Waals surface area contributed by atoms with Crippen molar-refractivity contribution in [3.63, 3.8) is 0 Å². The van der Waals surface area contributed by atoms with E-state index in [-0.39, 0.29) is 11.9 Å². The number of aliphatic hydroxyl groups excluding tert-OH is 3. The molecule has 2 atom stereocenters. The van der Waals surface area contributed by atoms with Gasteiger partial charge in [-0.2, -0.15) is 0 Å². The second-order valence-electron chi connectivity index (χ2n) is 5.41. The van der Waals surface area contributed by atoms with Gasteiger partial charge in [0.05, 0.1) is 19.8 Å². The van der Waals surface area contributed by atoms with Crippen LogP contribution in [0.25, 0.3) is 0 Å². The molecule has 0 spiro atoms. The Balaban J connectivity index is 1.57. The van der Waals surface area contributed by atoms with E-state index in [0.29, 0.717) is 26.2 Å². The topological polar surface area (TPSA) is 113 Å². The maximum atomic E-state index is 9.64. The summed E-state index contributed by atoms with van der Waals surface area (Å²) in [7, 11) is 0. The highest BCUT2D eigenvalue weighted by atomic mass is 16.7. The van der Waals surface area contributed by atoms with E-state index in [2.05, 4.69) is 10.5 Å². The van der Waals surface area contributed by atoms with Crippen molar-refractivity contribution >= 4 is 0 Å². The molecule has 133 valence electrons. The van der Waals surface area contributed by atoms with E-state index in [1.165, 1.54) is 0 Å². The molecule has 1 radical (unpaired) electrons. The number of rotatable bonds is 9. The van der Waals surface area contributed by atoms with Gasteiger partial charge in [-0.05, 0) is 30.5 Å². The fourth-order valence-electron chi connectivity index (χ4n) is 2.10. The Morgan fingerprint density at radius 3 is 2.92 bits per heavy atom. The molecule has 2 rings (SSSR count). The molecule has 4 N–H and O–H groups in total. The zero-order valence-corrected chi connectivity index (χ0v) is 13.5. The number of pyridine rings is 1. The smallest absolute Gasteiger partial charge is 0.216 e. The molecule has 0 bridgehead atoms. The molecule has 0 aliphatic carbocycles. The molecule has 0 fully saturated rings. The van der Waals surface area contributed by atoms with Crippen LogP contribution in [0.3, 0.4) is 0 Å². The predicted molar refractivity (Wildman–Crippen MR) is 84.0 cm³/mol. The van der Waals surface area contributed by atoms with Gasteiger partial charge in [0, 0.05) is 18.9 Å². The summed E-state index contributed by atoms with van der Waals surface area (Å²) in [6, 6.07) is 2.00. The molecular weight excluding hydrogens is 316 g/mol. The van der Waals surface area contributed by atoms with E-state index >= 15 is 0 Å². The van der Waals surface area contributed by atoms with Gasteiger partial charge in [-0.15, -0.1) is 0 Å². The van der Waals surface area contributed by atoms with Gasteiger partial charge in [-0.1, -0.05) is 6.07 Å². The molecule has 8 nitrogen and oxygen atoms in total. The quantitative estimate of drug-likeness (QED) is 0.387. The SMILES string of the molecule is Cc1cncc(CONCCCO[C@H]2OC(CO)[C](O)C=C2O)c1. The van der Waals surface area contributed by atoms with E-state index in [9.17, 15) is 10.2 Å². The molecule has 1 aromatic rings. The van der Waals surface area contributed by atoms with Crippen LogP contribution in [0.5, 0.6) is 0 Å². The van der Waals surface area contributed by atoms with Gasteiger partial charge >= 0.3 is 0 Å². The Morgan fingerprint density at radius 2 is 2.17 bits per heavy atom. The van der Waals surface area contributed by atoms with Crippen LogP contribution < -0.4 is 5.48 Å². The lowest BCUT2D eigenvalue weighted by molar-refractivity contribution is -0.185. The molecule has 1 aliphatic rings. The summed E-state index contributed by atoms with van der Waals surface area (Å²) >= 11 is 0. The lowest BCUT2D eigenvalue weighted by Crippen LogP contribution is -2.37. The molecule has 1 unspecified atom stereocenters. The highest BCUT2D eigenvalue weighted by Crippen LogP contribution is 2.23. The van der Waals surface area contributed by atoms with E-state index in [1.807, 2.05) is 13.0 Å². The van der Waals surface area contributed by atoms with E-state index in [1.54, 1.807) is 12.4 Å². The van der Waals surface area contributed by atoms with Gasteiger partial charge in [0.15, 0.2) is 0 Å². The maximum absolute atomic E-state index is 9.64. The minimum Gasteiger partial charge on any atom is -0.507 e. The van der Waals surface area contributed by atoms with E-state index < -0.39 is 19.0 Å². The number of aliphatic hydroxyl groups is 3. The van der Waals surface area contributed by atoms with Crippen LogP contribution in [0.15, 0.2) is 30.3 Å². The van der Waals surface area contributed by atoms with Crippen LogP contribution in [0.2, 0.25) is 0 Å². The minimum absolute atomic E-state index is 0.226. The Hall–Kier alpha value is -1.55. The maximum Gasteiger partial charge on any atom is 0.216 e. The number of nitrogens with zero attached hydrogens (tertiary/aromatic N) is 1. The molecule has 1 aliphatic heterocycles. The van der Waals surface area contributed by atoms with Crippen LogP contribution in [0.1, 0.15) is 17.5 Å². The van der Waals surface area contributed by atoms with Crippen molar-refractivity contribution in [2.45, 2.75) is 32.3 Å². The number of hydrogen-bond acceptors (Lipinski definition) is 8. The first-order valence-corrected chi connectivity index (χ1v) is 7.69. The lowest BCUT2D eigenvalue weighted by atomic mass is 10.1. The third-order valence-electron chi connectivity index (χ3n) is 3.29. The van der Waals surface area contributed by atoms with Crippen molar-refractivity contribution in [1.82, 2.24) is 10.5 Å². The van der Waals surface area contributed by atoms with Gasteiger partial charge in [-0.3, -0.25) is 9.82 Å². The molecule has 8 heteroatoms. The number of aromatic nitrogens is 1. The average molecular weight is 339 g/mol. The summed E-state index contributed by atoms with van der Waals surface area (Å²) in [6.45, 7) is 2.86. The summed E-state index contributed by atoms with van der Waals surface area (Å²) in [6.07, 6.45) is 3.19. The van der Waals surface area contributed by atoms with Crippen LogP contribution >= 0.6 is 0 Å². The van der Waals surface area contributed by atoms with Crippen molar-refractivity contribution in [3.8, 4) is 0 Å². The first-order valence-electron chi connectivity index (χ1n) is 7.69. The number of ether oxygens (including phenoxy) is 2. The third kappa shape index (κ3) is 5.82. The summed E-state index contributed by atoms with van der Waals surface area (Å²) in [4.78, 5) is 9.41. The molecule has 0 aromatic carbocycles. The normalized spacial score (nSPS) is 21.7. The number of aryl methyl sites for hydroxylation is 1. The van der Waals surface area contributed by atoms with Gasteiger partial charge in [-0.25, -0.2) is 5.48 Å². The van der Waals surface area contributed by atoms with Crippen molar-refractivity contribution in [2.75, 3.05) is 19.8 Å². The van der Waals surface area contributed by atoms with Gasteiger partial charge < -0.3 is 24.8 Å². The van der Waals surface area contributed by atoms with Crippen molar-refractivity contribution in [2.24, 2.45) is 0 Å². The molecule has 24 heavy (non-hydrogen) atoms. The Bertz CT molecular complexity index is 539. The van der Waals surface area contributed by atoms with Gasteiger partial charge in [0.2, 0.25) is 6.29 Å². The second-order valence-corrected chi connectivity index (χ2v) is 5.41. The van der Waals surface area contributed by atoms with Crippen molar-refractivity contribution < 1.29 is 29.6 Å². The monoisotopic (exact) mass is 339 g/mol. The molecule has 0 saturated carbocycles. The predicted octanol–water partition coefficient (Wildman–Crippen LogP) is 0.882. The standard InChI is InChI=1S/C16H23N2O6/c1-11-5-12(8-17-7-11)10-23-18-3-2-4-22-16-14(21)6-13(20)15(9-19)24-16/h5-8,15-16,18-21H,2-4,9-10H2,1H3/t15?,16-/m0/s1. The summed E-state index contributed by atoms with van der Waals surface area (Å²) < 4.78 is 10.6. The minimum atomic E-state index is -0.989. The zero-order valence-electron chi connectivity index (χ0n) is 13.5. The van der Waals surface area contributed by atoms with Crippen molar-refractivity contribution in [1.29, 1.82) is 0 Å². The summed E-state index contributed by atoms with van der Waals surface area (Å²) in [5.41, 5.74) is 4.88. The average Bonchev–Trinajstić information content (AvgIpc) is 2.55. The molecular formula is C16H23N2O6. The molecule has 1 aromatic heterocycles. The Kier molecular flexibility index (Phi) is 7.57. The van der Waals surface area contributed by atoms with Crippen LogP contribution in [0.4, 0.5) is 0 Å². The Morgan fingerprint density at radius 1 is 1.33 bits per heavy atom. The van der Waals surface area contributed by atoms with Crippen molar-refractivity contribution in [3.05, 3.63) is 47.5 Å². The van der Waals surface area contributed by atoms with Crippen LogP contribution in [-0.4, -0.2) is 52.5 Å². The molecule has 0 amide bonds. The Labute approximate surface area is 140 Å². The van der Waals surface area contributed by atoms with Crippen LogP contribution in [-0.2, 0) is 20.9 Å². The van der Waals surface area contributed by atoms with E-state index in [4.69, 9.17) is 19.4 Å². The summed E-state index contributed by atoms with van der Waals surface area (Å²) in [5.74, 6) is -0.228. The molecule has 0 saturated heterocycles. The lowest BCUT2D eigenvalue weighted by Gasteiger charge is -2.29.